The van der Waals surface area contributed by atoms with E-state index < -0.39 is 41.8 Å². The highest BCUT2D eigenvalue weighted by Gasteiger charge is 2.39. The van der Waals surface area contributed by atoms with Gasteiger partial charge in [-0.05, 0) is 13.0 Å². The van der Waals surface area contributed by atoms with Crippen molar-refractivity contribution in [3.05, 3.63) is 0 Å². The Kier molecular flexibility index (Phi) is 6.11. The molecule has 0 saturated carbocycles. The lowest BCUT2D eigenvalue weighted by Gasteiger charge is -2.20. The Morgan fingerprint density at radius 3 is 1.71 bits per heavy atom. The van der Waals surface area contributed by atoms with Crippen molar-refractivity contribution in [2.75, 3.05) is 43.6 Å². The summed E-state index contributed by atoms with van der Waals surface area (Å²) >= 11 is 0. The van der Waals surface area contributed by atoms with Gasteiger partial charge in [-0.1, -0.05) is 0 Å². The van der Waals surface area contributed by atoms with E-state index in [4.69, 9.17) is 9.11 Å². The van der Waals surface area contributed by atoms with Crippen LogP contribution in [0, 0.1) is 0 Å². The summed E-state index contributed by atoms with van der Waals surface area (Å²) in [5.41, 5.74) is 0. The molecule has 1 unspecified atom stereocenters. The molecule has 1 saturated heterocycles. The Morgan fingerprint density at radius 1 is 0.952 bits per heavy atom. The summed E-state index contributed by atoms with van der Waals surface area (Å²) in [6.45, 7) is 0.288. The van der Waals surface area contributed by atoms with Crippen LogP contribution in [0.3, 0.4) is 0 Å². The maximum absolute atomic E-state index is 11.0. The molecule has 126 valence electrons. The zero-order chi connectivity index (χ0) is 16.3. The highest BCUT2D eigenvalue weighted by atomic mass is 32.2. The summed E-state index contributed by atoms with van der Waals surface area (Å²) < 4.78 is 83.2. The minimum atomic E-state index is -4.18. The van der Waals surface area contributed by atoms with Crippen LogP contribution in [-0.4, -0.2) is 87.1 Å². The fraction of sp³-hybridized carbons (Fsp3) is 1.00. The molecule has 0 bridgehead atoms. The summed E-state index contributed by atoms with van der Waals surface area (Å²) in [4.78, 5) is 1.43. The van der Waals surface area contributed by atoms with Crippen molar-refractivity contribution in [2.45, 2.75) is 6.42 Å². The second kappa shape index (κ2) is 6.85. The van der Waals surface area contributed by atoms with E-state index in [9.17, 15) is 25.3 Å². The van der Waals surface area contributed by atoms with Gasteiger partial charge in [0.1, 0.15) is 5.88 Å². The zero-order valence-corrected chi connectivity index (χ0v) is 13.6. The van der Waals surface area contributed by atoms with Crippen LogP contribution in [0.1, 0.15) is 6.42 Å². The summed E-state index contributed by atoms with van der Waals surface area (Å²) in [6, 6.07) is 0. The normalized spacial score (nSPS) is 21.6. The minimum Gasteiger partial charge on any atom is -0.301 e. The van der Waals surface area contributed by atoms with E-state index in [1.807, 2.05) is 0 Å². The van der Waals surface area contributed by atoms with E-state index >= 15 is 0 Å². The van der Waals surface area contributed by atoms with Crippen molar-refractivity contribution < 1.29 is 34.4 Å². The van der Waals surface area contributed by atoms with Gasteiger partial charge < -0.3 is 4.90 Å². The maximum atomic E-state index is 11.0. The van der Waals surface area contributed by atoms with Crippen LogP contribution in [0.5, 0.6) is 0 Å². The Labute approximate surface area is 124 Å². The van der Waals surface area contributed by atoms with Gasteiger partial charge in [0, 0.05) is 19.6 Å². The van der Waals surface area contributed by atoms with Crippen molar-refractivity contribution in [1.29, 1.82) is 0 Å². The lowest BCUT2D eigenvalue weighted by Crippen LogP contribution is -2.35. The van der Waals surface area contributed by atoms with Gasteiger partial charge in [-0.25, -0.2) is 8.42 Å². The number of rotatable bonds is 10. The maximum Gasteiger partial charge on any atom is 0.266 e. The third-order valence-electron chi connectivity index (χ3n) is 2.84. The monoisotopic (exact) mass is 366 g/mol. The average molecular weight is 366 g/mol. The van der Waals surface area contributed by atoms with E-state index in [0.29, 0.717) is 6.42 Å². The Morgan fingerprint density at radius 2 is 1.38 bits per heavy atom. The number of hydrogen-bond donors (Lipinski definition) is 2. The third kappa shape index (κ3) is 8.65. The van der Waals surface area contributed by atoms with E-state index in [2.05, 4.69) is 0 Å². The lowest BCUT2D eigenvalue weighted by atomic mass is 10.3. The van der Waals surface area contributed by atoms with Gasteiger partial charge in [-0.3, -0.25) is 9.11 Å². The van der Waals surface area contributed by atoms with Gasteiger partial charge in [0.25, 0.3) is 20.2 Å². The number of sulfonamides is 1. The van der Waals surface area contributed by atoms with Crippen molar-refractivity contribution >= 4 is 30.3 Å². The van der Waals surface area contributed by atoms with E-state index in [1.54, 1.807) is 0 Å². The van der Waals surface area contributed by atoms with Crippen molar-refractivity contribution in [1.82, 2.24) is 9.21 Å². The molecule has 1 fully saturated rings. The Bertz CT molecular complexity index is 618. The fourth-order valence-electron chi connectivity index (χ4n) is 1.66. The number of hydrogen-bond acceptors (Lipinski definition) is 7. The molecular formula is C8H18N2O8S3. The third-order valence-corrected chi connectivity index (χ3v) is 5.68. The van der Waals surface area contributed by atoms with Crippen molar-refractivity contribution in [3.8, 4) is 0 Å². The summed E-state index contributed by atoms with van der Waals surface area (Å²) in [5.74, 6) is -1.15. The molecule has 0 aliphatic carbocycles. The predicted molar refractivity (Wildman–Crippen MR) is 74.4 cm³/mol. The van der Waals surface area contributed by atoms with Crippen LogP contribution < -0.4 is 0 Å². The SMILES string of the molecule is O=S(=O)(O)CCN(CCCN1CS1(=O)=O)CCS(=O)(=O)O. The Balaban J connectivity index is 2.42. The van der Waals surface area contributed by atoms with E-state index in [1.165, 1.54) is 9.21 Å². The van der Waals surface area contributed by atoms with Crippen LogP contribution in [0.15, 0.2) is 0 Å². The highest BCUT2D eigenvalue weighted by Crippen LogP contribution is 2.18. The minimum absolute atomic E-state index is 0.0109. The zero-order valence-electron chi connectivity index (χ0n) is 11.1. The molecule has 1 aliphatic heterocycles. The molecule has 0 radical (unpaired) electrons. The standard InChI is InChI=1S/C8H18N2O8S3/c11-19(12)8-10(19)3-1-2-9(4-6-20(13,14)15)5-7-21(16,17)18/h1-8H2,(H,13,14,15)(H,16,17,18). The van der Waals surface area contributed by atoms with Gasteiger partial charge in [-0.2, -0.15) is 21.1 Å². The van der Waals surface area contributed by atoms with Crippen molar-refractivity contribution in [2.24, 2.45) is 0 Å². The Hall–Kier alpha value is -0.310. The van der Waals surface area contributed by atoms with Gasteiger partial charge >= 0.3 is 0 Å². The van der Waals surface area contributed by atoms with Gasteiger partial charge in [-0.15, -0.1) is 0 Å². The van der Waals surface area contributed by atoms with E-state index in [-0.39, 0.29) is 32.1 Å². The second-order valence-electron chi connectivity index (χ2n) is 4.68. The van der Waals surface area contributed by atoms with Crippen LogP contribution in [0.4, 0.5) is 0 Å². The summed E-state index contributed by atoms with van der Waals surface area (Å²) in [6.07, 6.45) is 0.385. The molecule has 2 N–H and O–H groups in total. The molecule has 1 aliphatic rings. The van der Waals surface area contributed by atoms with Crippen LogP contribution in [0.2, 0.25) is 0 Å². The smallest absolute Gasteiger partial charge is 0.266 e. The first kappa shape index (κ1) is 18.7. The molecule has 1 heterocycles. The molecular weight excluding hydrogens is 348 g/mol. The number of nitrogens with zero attached hydrogens (tertiary/aromatic N) is 2. The molecule has 13 heteroatoms. The van der Waals surface area contributed by atoms with Crippen molar-refractivity contribution in [3.63, 3.8) is 0 Å². The molecule has 0 aromatic heterocycles. The molecule has 0 aromatic carbocycles. The highest BCUT2D eigenvalue weighted by molar-refractivity contribution is 7.95. The lowest BCUT2D eigenvalue weighted by molar-refractivity contribution is 0.290. The summed E-state index contributed by atoms with van der Waals surface area (Å²) in [5, 5.41) is 0. The first-order chi connectivity index (χ1) is 9.39. The van der Waals surface area contributed by atoms with Gasteiger partial charge in [0.2, 0.25) is 10.0 Å². The van der Waals surface area contributed by atoms with E-state index in [0.717, 1.165) is 0 Å². The second-order valence-corrected chi connectivity index (χ2v) is 9.77. The van der Waals surface area contributed by atoms with Gasteiger partial charge in [0.05, 0.1) is 11.5 Å². The first-order valence-electron chi connectivity index (χ1n) is 5.99. The molecule has 21 heavy (non-hydrogen) atoms. The molecule has 1 atom stereocenters. The fourth-order valence-corrected chi connectivity index (χ4v) is 3.75. The average Bonchev–Trinajstić information content (AvgIpc) is 2.87. The topological polar surface area (TPSA) is 149 Å². The molecule has 0 spiro atoms. The quantitative estimate of drug-likeness (QED) is 0.332. The molecule has 0 aromatic rings. The van der Waals surface area contributed by atoms with Crippen LogP contribution in [0.25, 0.3) is 0 Å². The molecule has 0 amide bonds. The van der Waals surface area contributed by atoms with Crippen LogP contribution >= 0.6 is 0 Å². The van der Waals surface area contributed by atoms with Crippen LogP contribution in [-0.2, 0) is 30.3 Å². The van der Waals surface area contributed by atoms with Gasteiger partial charge in [0.15, 0.2) is 0 Å². The first-order valence-corrected chi connectivity index (χ1v) is 10.8. The predicted octanol–water partition coefficient (Wildman–Crippen LogP) is -1.94. The largest absolute Gasteiger partial charge is 0.301 e. The summed E-state index contributed by atoms with van der Waals surface area (Å²) in [7, 11) is -11.4. The molecule has 1 rings (SSSR count). The molecule has 10 nitrogen and oxygen atoms in total.